The lowest BCUT2D eigenvalue weighted by atomic mass is 10.1. The van der Waals surface area contributed by atoms with Crippen molar-refractivity contribution in [3.63, 3.8) is 0 Å². The number of rotatable bonds is 1. The van der Waals surface area contributed by atoms with Gasteiger partial charge in [-0.05, 0) is 19.1 Å². The SMILES string of the molecule is C[C@H]1CNCc2cc(-c3ccnc4cc(F)sc34)nn21. The van der Waals surface area contributed by atoms with E-state index in [1.54, 1.807) is 6.20 Å². The van der Waals surface area contributed by atoms with Crippen molar-refractivity contribution >= 4 is 21.6 Å². The van der Waals surface area contributed by atoms with E-state index in [1.807, 2.05) is 6.07 Å². The van der Waals surface area contributed by atoms with Gasteiger partial charge in [-0.15, -0.1) is 11.3 Å². The van der Waals surface area contributed by atoms with Crippen LogP contribution >= 0.6 is 11.3 Å². The fraction of sp³-hybridized carbons (Fsp3) is 0.286. The van der Waals surface area contributed by atoms with Gasteiger partial charge in [-0.1, -0.05) is 0 Å². The summed E-state index contributed by atoms with van der Waals surface area (Å²) in [6, 6.07) is 5.80. The maximum atomic E-state index is 13.4. The van der Waals surface area contributed by atoms with Crippen molar-refractivity contribution in [3.05, 3.63) is 35.2 Å². The minimum atomic E-state index is -0.209. The van der Waals surface area contributed by atoms with Gasteiger partial charge in [-0.3, -0.25) is 9.67 Å². The molecule has 0 saturated heterocycles. The van der Waals surface area contributed by atoms with E-state index in [1.165, 1.54) is 11.8 Å². The molecule has 0 amide bonds. The Balaban J connectivity index is 1.91. The molecule has 4 heterocycles. The first kappa shape index (κ1) is 12.0. The highest BCUT2D eigenvalue weighted by molar-refractivity contribution is 7.18. The predicted molar refractivity (Wildman–Crippen MR) is 77.2 cm³/mol. The number of nitrogens with zero attached hydrogens (tertiary/aromatic N) is 3. The summed E-state index contributed by atoms with van der Waals surface area (Å²) in [6.07, 6.45) is 1.71. The molecule has 0 spiro atoms. The van der Waals surface area contributed by atoms with Crippen molar-refractivity contribution in [1.82, 2.24) is 20.1 Å². The zero-order valence-corrected chi connectivity index (χ0v) is 11.7. The van der Waals surface area contributed by atoms with Gasteiger partial charge in [0.2, 0.25) is 0 Å². The fourth-order valence-corrected chi connectivity index (χ4v) is 3.55. The second kappa shape index (κ2) is 4.36. The van der Waals surface area contributed by atoms with Gasteiger partial charge >= 0.3 is 0 Å². The molecule has 0 unspecified atom stereocenters. The third-order valence-corrected chi connectivity index (χ3v) is 4.58. The van der Waals surface area contributed by atoms with E-state index >= 15 is 0 Å². The number of hydrogen-bond donors (Lipinski definition) is 1. The standard InChI is InChI=1S/C14H13FN4S/c1-8-6-16-7-9-4-11(18-19(8)9)10-2-3-17-12-5-13(15)20-14(10)12/h2-5,8,16H,6-7H2,1H3/t8-/m0/s1. The number of nitrogens with one attached hydrogen (secondary N) is 1. The van der Waals surface area contributed by atoms with E-state index in [4.69, 9.17) is 5.10 Å². The minimum Gasteiger partial charge on any atom is -0.309 e. The zero-order chi connectivity index (χ0) is 13.7. The van der Waals surface area contributed by atoms with Crippen molar-refractivity contribution < 1.29 is 4.39 Å². The van der Waals surface area contributed by atoms with Crippen LogP contribution in [0.5, 0.6) is 0 Å². The topological polar surface area (TPSA) is 42.7 Å². The molecule has 6 heteroatoms. The van der Waals surface area contributed by atoms with Gasteiger partial charge in [0.05, 0.1) is 27.6 Å². The highest BCUT2D eigenvalue weighted by Gasteiger charge is 2.19. The van der Waals surface area contributed by atoms with E-state index in [-0.39, 0.29) is 5.13 Å². The molecule has 4 rings (SSSR count). The Morgan fingerprint density at radius 1 is 1.45 bits per heavy atom. The van der Waals surface area contributed by atoms with E-state index in [0.29, 0.717) is 11.6 Å². The predicted octanol–water partition coefficient (Wildman–Crippen LogP) is 2.96. The molecular formula is C14H13FN4S. The molecule has 3 aromatic rings. The van der Waals surface area contributed by atoms with Crippen LogP contribution in [0.25, 0.3) is 21.5 Å². The third-order valence-electron chi connectivity index (χ3n) is 3.63. The van der Waals surface area contributed by atoms with Crippen LogP contribution in [0.4, 0.5) is 4.39 Å². The highest BCUT2D eigenvalue weighted by atomic mass is 32.1. The summed E-state index contributed by atoms with van der Waals surface area (Å²) in [5.41, 5.74) is 3.71. The number of pyridine rings is 1. The molecular weight excluding hydrogens is 275 g/mol. The lowest BCUT2D eigenvalue weighted by molar-refractivity contribution is 0.392. The number of thiophene rings is 1. The summed E-state index contributed by atoms with van der Waals surface area (Å²) >= 11 is 1.13. The Morgan fingerprint density at radius 3 is 3.20 bits per heavy atom. The number of aromatic nitrogens is 3. The maximum Gasteiger partial charge on any atom is 0.179 e. The van der Waals surface area contributed by atoms with E-state index < -0.39 is 0 Å². The molecule has 102 valence electrons. The summed E-state index contributed by atoms with van der Waals surface area (Å²) in [7, 11) is 0. The van der Waals surface area contributed by atoms with Gasteiger partial charge in [-0.2, -0.15) is 9.49 Å². The smallest absolute Gasteiger partial charge is 0.179 e. The van der Waals surface area contributed by atoms with Gasteiger partial charge in [0.1, 0.15) is 0 Å². The summed E-state index contributed by atoms with van der Waals surface area (Å²) < 4.78 is 16.4. The van der Waals surface area contributed by atoms with Crippen molar-refractivity contribution in [2.24, 2.45) is 0 Å². The lowest BCUT2D eigenvalue weighted by Gasteiger charge is -2.21. The van der Waals surface area contributed by atoms with Crippen LogP contribution < -0.4 is 5.32 Å². The van der Waals surface area contributed by atoms with Crippen molar-refractivity contribution in [2.75, 3.05) is 6.54 Å². The second-order valence-corrected chi connectivity index (χ2v) is 6.07. The normalized spacial score (nSPS) is 18.4. The molecule has 4 nitrogen and oxygen atoms in total. The molecule has 1 N–H and O–H groups in total. The van der Waals surface area contributed by atoms with Crippen LogP contribution in [0.2, 0.25) is 0 Å². The zero-order valence-electron chi connectivity index (χ0n) is 10.9. The van der Waals surface area contributed by atoms with Crippen LogP contribution in [0.1, 0.15) is 18.7 Å². The Kier molecular flexibility index (Phi) is 2.61. The van der Waals surface area contributed by atoms with Crippen LogP contribution in [0.3, 0.4) is 0 Å². The molecule has 0 aliphatic carbocycles. The minimum absolute atomic E-state index is 0.209. The fourth-order valence-electron chi connectivity index (χ4n) is 2.68. The van der Waals surface area contributed by atoms with Crippen LogP contribution in [-0.4, -0.2) is 21.3 Å². The number of fused-ring (bicyclic) bond motifs is 2. The first-order chi connectivity index (χ1) is 9.72. The van der Waals surface area contributed by atoms with Gasteiger partial charge < -0.3 is 5.32 Å². The molecule has 1 atom stereocenters. The summed E-state index contributed by atoms with van der Waals surface area (Å²) in [5, 5.41) is 7.85. The lowest BCUT2D eigenvalue weighted by Crippen LogP contribution is -2.31. The second-order valence-electron chi connectivity index (χ2n) is 5.07. The Bertz CT molecular complexity index is 792. The molecule has 0 radical (unpaired) electrons. The van der Waals surface area contributed by atoms with E-state index in [2.05, 4.69) is 28.0 Å². The summed E-state index contributed by atoms with van der Waals surface area (Å²) in [6.45, 7) is 3.89. The average molecular weight is 288 g/mol. The molecule has 1 aliphatic heterocycles. The summed E-state index contributed by atoms with van der Waals surface area (Å²) in [5.74, 6) is 0. The van der Waals surface area contributed by atoms with Crippen molar-refractivity contribution in [2.45, 2.75) is 19.5 Å². The Labute approximate surface area is 119 Å². The van der Waals surface area contributed by atoms with Gasteiger partial charge in [0.25, 0.3) is 0 Å². The molecule has 0 bridgehead atoms. The summed E-state index contributed by atoms with van der Waals surface area (Å²) in [4.78, 5) is 4.21. The first-order valence-corrected chi connectivity index (χ1v) is 7.37. The van der Waals surface area contributed by atoms with E-state index in [0.717, 1.165) is 40.4 Å². The Morgan fingerprint density at radius 2 is 2.35 bits per heavy atom. The third kappa shape index (κ3) is 1.76. The average Bonchev–Trinajstić information content (AvgIpc) is 3.01. The number of hydrogen-bond acceptors (Lipinski definition) is 4. The van der Waals surface area contributed by atoms with Gasteiger partial charge in [0, 0.05) is 30.9 Å². The van der Waals surface area contributed by atoms with Gasteiger partial charge in [0.15, 0.2) is 5.13 Å². The van der Waals surface area contributed by atoms with Crippen LogP contribution in [0, 0.1) is 5.13 Å². The van der Waals surface area contributed by atoms with Crippen LogP contribution in [-0.2, 0) is 6.54 Å². The monoisotopic (exact) mass is 288 g/mol. The molecule has 20 heavy (non-hydrogen) atoms. The molecule has 0 fully saturated rings. The van der Waals surface area contributed by atoms with Crippen molar-refractivity contribution in [3.8, 4) is 11.3 Å². The molecule has 3 aromatic heterocycles. The molecule has 0 saturated carbocycles. The first-order valence-electron chi connectivity index (χ1n) is 6.56. The molecule has 1 aliphatic rings. The molecule has 0 aromatic carbocycles. The maximum absolute atomic E-state index is 13.4. The van der Waals surface area contributed by atoms with Crippen LogP contribution in [0.15, 0.2) is 24.4 Å². The quantitative estimate of drug-likeness (QED) is 0.748. The van der Waals surface area contributed by atoms with Crippen molar-refractivity contribution in [1.29, 1.82) is 0 Å². The Hall–Kier alpha value is -1.79. The van der Waals surface area contributed by atoms with E-state index in [9.17, 15) is 4.39 Å². The highest BCUT2D eigenvalue weighted by Crippen LogP contribution is 2.33. The van der Waals surface area contributed by atoms with Gasteiger partial charge in [-0.25, -0.2) is 0 Å². The largest absolute Gasteiger partial charge is 0.309 e. The number of halogens is 1.